The van der Waals surface area contributed by atoms with Crippen molar-refractivity contribution >= 4 is 49.4 Å². The fourth-order valence-corrected chi connectivity index (χ4v) is 3.93. The highest BCUT2D eigenvalue weighted by Gasteiger charge is 2.41. The van der Waals surface area contributed by atoms with Gasteiger partial charge < -0.3 is 10.4 Å². The fraction of sp³-hybridized carbons (Fsp3) is 0.467. The molecule has 1 aromatic rings. The molecule has 0 spiro atoms. The number of carbonyl (C=O) groups is 2. The van der Waals surface area contributed by atoms with E-state index >= 15 is 0 Å². The first-order chi connectivity index (χ1) is 9.93. The first-order valence-corrected chi connectivity index (χ1v) is 8.50. The zero-order chi connectivity index (χ0) is 15.5. The molecule has 0 saturated heterocycles. The van der Waals surface area contributed by atoms with E-state index in [-0.39, 0.29) is 12.3 Å². The highest BCUT2D eigenvalue weighted by atomic mass is 79.9. The van der Waals surface area contributed by atoms with Crippen molar-refractivity contribution in [1.82, 2.24) is 0 Å². The molecule has 0 aliphatic heterocycles. The largest absolute Gasteiger partial charge is 0.481 e. The van der Waals surface area contributed by atoms with Gasteiger partial charge in [0.05, 0.1) is 11.1 Å². The van der Waals surface area contributed by atoms with Gasteiger partial charge in [-0.25, -0.2) is 0 Å². The van der Waals surface area contributed by atoms with Gasteiger partial charge in [-0.15, -0.1) is 0 Å². The third-order valence-electron chi connectivity index (χ3n) is 3.97. The van der Waals surface area contributed by atoms with Gasteiger partial charge in [0.1, 0.15) is 0 Å². The Morgan fingerprint density at radius 2 is 1.86 bits per heavy atom. The molecule has 0 radical (unpaired) electrons. The Balaban J connectivity index is 2.07. The van der Waals surface area contributed by atoms with E-state index in [1.165, 1.54) is 0 Å². The van der Waals surface area contributed by atoms with Crippen LogP contribution < -0.4 is 5.32 Å². The zero-order valence-corrected chi connectivity index (χ0v) is 14.7. The van der Waals surface area contributed by atoms with Gasteiger partial charge in [-0.05, 0) is 47.0 Å². The molecule has 0 atom stereocenters. The summed E-state index contributed by atoms with van der Waals surface area (Å²) in [7, 11) is 0. The predicted octanol–water partition coefficient (Wildman–Crippen LogP) is 4.58. The lowest BCUT2D eigenvalue weighted by atomic mass is 9.71. The predicted molar refractivity (Wildman–Crippen MR) is 88.2 cm³/mol. The van der Waals surface area contributed by atoms with Crippen molar-refractivity contribution in [3.8, 4) is 0 Å². The number of amides is 1. The maximum atomic E-state index is 12.2. The van der Waals surface area contributed by atoms with E-state index < -0.39 is 11.4 Å². The standard InChI is InChI=1S/C15H17Br2NO3/c16-10-4-5-12(11(17)8-10)18-13(19)9-15(14(20)21)6-2-1-3-7-15/h4-5,8H,1-3,6-7,9H2,(H,18,19)(H,20,21). The highest BCUT2D eigenvalue weighted by molar-refractivity contribution is 9.11. The molecule has 1 amide bonds. The summed E-state index contributed by atoms with van der Waals surface area (Å²) in [5, 5.41) is 12.3. The van der Waals surface area contributed by atoms with E-state index in [0.29, 0.717) is 18.5 Å². The number of halogens is 2. The highest BCUT2D eigenvalue weighted by Crippen LogP contribution is 2.40. The number of anilines is 1. The molecule has 6 heteroatoms. The summed E-state index contributed by atoms with van der Waals surface area (Å²) in [5.74, 6) is -1.10. The molecule has 0 bridgehead atoms. The van der Waals surface area contributed by atoms with Gasteiger partial charge >= 0.3 is 5.97 Å². The van der Waals surface area contributed by atoms with Crippen LogP contribution in [0.1, 0.15) is 38.5 Å². The summed E-state index contributed by atoms with van der Waals surface area (Å²) >= 11 is 6.73. The average Bonchev–Trinajstić information content (AvgIpc) is 2.43. The Bertz CT molecular complexity index is 554. The minimum absolute atomic E-state index is 0.0326. The van der Waals surface area contributed by atoms with Crippen molar-refractivity contribution in [3.05, 3.63) is 27.1 Å². The van der Waals surface area contributed by atoms with Gasteiger partial charge in [-0.1, -0.05) is 35.2 Å². The molecule has 0 unspecified atom stereocenters. The lowest BCUT2D eigenvalue weighted by Crippen LogP contribution is -2.37. The molecule has 1 aromatic carbocycles. The summed E-state index contributed by atoms with van der Waals surface area (Å²) in [4.78, 5) is 23.8. The Morgan fingerprint density at radius 1 is 1.19 bits per heavy atom. The number of carboxylic acids is 1. The molecule has 2 rings (SSSR count). The smallest absolute Gasteiger partial charge is 0.310 e. The summed E-state index contributed by atoms with van der Waals surface area (Å²) in [5.41, 5.74) is -0.246. The Hall–Kier alpha value is -0.880. The zero-order valence-electron chi connectivity index (χ0n) is 11.5. The third-order valence-corrected chi connectivity index (χ3v) is 5.12. The number of aliphatic carboxylic acids is 1. The monoisotopic (exact) mass is 417 g/mol. The second-order valence-electron chi connectivity index (χ2n) is 5.50. The fourth-order valence-electron chi connectivity index (χ4n) is 2.79. The molecule has 1 saturated carbocycles. The second-order valence-corrected chi connectivity index (χ2v) is 7.27. The minimum Gasteiger partial charge on any atom is -0.481 e. The van der Waals surface area contributed by atoms with Crippen molar-refractivity contribution in [1.29, 1.82) is 0 Å². The van der Waals surface area contributed by atoms with Gasteiger partial charge in [0.2, 0.25) is 5.91 Å². The molecule has 4 nitrogen and oxygen atoms in total. The lowest BCUT2D eigenvalue weighted by Gasteiger charge is -2.32. The first kappa shape index (κ1) is 16.5. The van der Waals surface area contributed by atoms with Crippen LogP contribution in [0.25, 0.3) is 0 Å². The Morgan fingerprint density at radius 3 is 2.43 bits per heavy atom. The molecular formula is C15H17Br2NO3. The number of hydrogen-bond acceptors (Lipinski definition) is 2. The first-order valence-electron chi connectivity index (χ1n) is 6.91. The van der Waals surface area contributed by atoms with E-state index in [0.717, 1.165) is 28.2 Å². The van der Waals surface area contributed by atoms with Crippen molar-refractivity contribution < 1.29 is 14.7 Å². The van der Waals surface area contributed by atoms with Crippen LogP contribution in [0.15, 0.2) is 27.1 Å². The van der Waals surface area contributed by atoms with E-state index in [1.807, 2.05) is 12.1 Å². The third kappa shape index (κ3) is 4.07. The molecule has 21 heavy (non-hydrogen) atoms. The van der Waals surface area contributed by atoms with Gasteiger partial charge in [0.15, 0.2) is 0 Å². The summed E-state index contributed by atoms with van der Waals surface area (Å²) in [6.07, 6.45) is 4.00. The quantitative estimate of drug-likeness (QED) is 0.752. The van der Waals surface area contributed by atoms with Crippen LogP contribution in [0.2, 0.25) is 0 Å². The lowest BCUT2D eigenvalue weighted by molar-refractivity contribution is -0.153. The number of rotatable bonds is 4. The van der Waals surface area contributed by atoms with Crippen molar-refractivity contribution in [2.45, 2.75) is 38.5 Å². The topological polar surface area (TPSA) is 66.4 Å². The van der Waals surface area contributed by atoms with Gasteiger partial charge in [-0.2, -0.15) is 0 Å². The van der Waals surface area contributed by atoms with Crippen LogP contribution in [-0.4, -0.2) is 17.0 Å². The number of nitrogens with one attached hydrogen (secondary N) is 1. The van der Waals surface area contributed by atoms with Gasteiger partial charge in [0, 0.05) is 15.4 Å². The summed E-state index contributed by atoms with van der Waals surface area (Å²) < 4.78 is 1.67. The molecule has 1 aliphatic carbocycles. The number of carbonyl (C=O) groups excluding carboxylic acids is 1. The number of benzene rings is 1. The van der Waals surface area contributed by atoms with Crippen molar-refractivity contribution in [2.24, 2.45) is 5.41 Å². The molecule has 114 valence electrons. The SMILES string of the molecule is O=C(CC1(C(=O)O)CCCCC1)Nc1ccc(Br)cc1Br. The van der Waals surface area contributed by atoms with Crippen molar-refractivity contribution in [2.75, 3.05) is 5.32 Å². The van der Waals surface area contributed by atoms with Crippen molar-refractivity contribution in [3.63, 3.8) is 0 Å². The Kier molecular flexibility index (Phi) is 5.43. The van der Waals surface area contributed by atoms with E-state index in [9.17, 15) is 14.7 Å². The maximum absolute atomic E-state index is 12.2. The van der Waals surface area contributed by atoms with Crippen LogP contribution in [0.3, 0.4) is 0 Å². The van der Waals surface area contributed by atoms with E-state index in [1.54, 1.807) is 6.07 Å². The van der Waals surface area contributed by atoms with Gasteiger partial charge in [0.25, 0.3) is 0 Å². The summed E-state index contributed by atoms with van der Waals surface area (Å²) in [6.45, 7) is 0. The van der Waals surface area contributed by atoms with Crippen LogP contribution in [0, 0.1) is 5.41 Å². The van der Waals surface area contributed by atoms with Crippen LogP contribution in [-0.2, 0) is 9.59 Å². The molecule has 2 N–H and O–H groups in total. The summed E-state index contributed by atoms with van der Waals surface area (Å²) in [6, 6.07) is 5.44. The molecule has 0 aromatic heterocycles. The number of hydrogen-bond donors (Lipinski definition) is 2. The Labute approximate surface area is 140 Å². The number of carboxylic acid groups (broad SMARTS) is 1. The molecule has 0 heterocycles. The van der Waals surface area contributed by atoms with Crippen LogP contribution in [0.5, 0.6) is 0 Å². The van der Waals surface area contributed by atoms with Crippen LogP contribution >= 0.6 is 31.9 Å². The minimum atomic E-state index is -0.899. The second kappa shape index (κ2) is 6.92. The molecular weight excluding hydrogens is 402 g/mol. The van der Waals surface area contributed by atoms with E-state index in [4.69, 9.17) is 0 Å². The van der Waals surface area contributed by atoms with Crippen LogP contribution in [0.4, 0.5) is 5.69 Å². The normalized spacial score (nSPS) is 17.2. The van der Waals surface area contributed by atoms with E-state index in [2.05, 4.69) is 37.2 Å². The maximum Gasteiger partial charge on any atom is 0.310 e. The molecule has 1 aliphatic rings. The van der Waals surface area contributed by atoms with Gasteiger partial charge in [-0.3, -0.25) is 9.59 Å². The average molecular weight is 419 g/mol. The molecule has 1 fully saturated rings.